The van der Waals surface area contributed by atoms with Gasteiger partial charge in [-0.1, -0.05) is 0 Å². The number of ether oxygens (including phenoxy) is 2. The highest BCUT2D eigenvalue weighted by Gasteiger charge is 2.46. The third-order valence-electron chi connectivity index (χ3n) is 8.34. The number of fused-ring (bicyclic) bond motifs is 1. The van der Waals surface area contributed by atoms with Crippen molar-refractivity contribution in [2.45, 2.75) is 45.0 Å². The number of methoxy groups -OCH3 is 2. The molecule has 40 heavy (non-hydrogen) atoms. The standard InChI is InChI=1S/C30H26O10/c1-10(33)25-24-23-18-13(7-30(25,2)38)28(39-3)26(36)19-14(34)5-11(8-31)16(21(18)19)17-12(9-32)6-15(35)20(22(17)23)27(37)29(24)40-4/h5-6,25,31-32,36-38H,7-9H2,1-4H3. The first-order valence-electron chi connectivity index (χ1n) is 12.6. The molecule has 0 saturated heterocycles. The predicted molar refractivity (Wildman–Crippen MR) is 147 cm³/mol. The molecule has 1 aliphatic rings. The van der Waals surface area contributed by atoms with Crippen molar-refractivity contribution in [3.63, 3.8) is 0 Å². The van der Waals surface area contributed by atoms with E-state index in [-0.39, 0.29) is 77.9 Å². The summed E-state index contributed by atoms with van der Waals surface area (Å²) in [5.41, 5.74) is -2.38. The van der Waals surface area contributed by atoms with Crippen LogP contribution in [0.15, 0.2) is 21.7 Å². The summed E-state index contributed by atoms with van der Waals surface area (Å²) < 4.78 is 11.2. The highest BCUT2D eigenvalue weighted by molar-refractivity contribution is 6.38. The molecule has 2 atom stereocenters. The Morgan fingerprint density at radius 3 is 1.75 bits per heavy atom. The largest absolute Gasteiger partial charge is 0.504 e. The molecule has 206 valence electrons. The average Bonchev–Trinajstić information content (AvgIpc) is 2.99. The number of hydrogen-bond donors (Lipinski definition) is 5. The summed E-state index contributed by atoms with van der Waals surface area (Å²) in [6.45, 7) is 1.52. The van der Waals surface area contributed by atoms with Gasteiger partial charge in [0.25, 0.3) is 0 Å². The van der Waals surface area contributed by atoms with Gasteiger partial charge in [-0.25, -0.2) is 0 Å². The Balaban J connectivity index is 2.20. The first-order chi connectivity index (χ1) is 18.9. The van der Waals surface area contributed by atoms with E-state index in [1.165, 1.54) is 34.1 Å². The Morgan fingerprint density at radius 2 is 1.30 bits per heavy atom. The Morgan fingerprint density at radius 1 is 0.825 bits per heavy atom. The van der Waals surface area contributed by atoms with Crippen LogP contribution in [-0.2, 0) is 24.4 Å². The fourth-order valence-corrected chi connectivity index (χ4v) is 7.04. The number of benzene rings is 5. The van der Waals surface area contributed by atoms with Crippen LogP contribution < -0.4 is 20.3 Å². The van der Waals surface area contributed by atoms with Crippen molar-refractivity contribution >= 4 is 48.9 Å². The maximum Gasteiger partial charge on any atom is 0.190 e. The molecule has 0 bridgehead atoms. The molecule has 6 rings (SSSR count). The van der Waals surface area contributed by atoms with Crippen molar-refractivity contribution in [2.75, 3.05) is 14.2 Å². The second kappa shape index (κ2) is 8.37. The summed E-state index contributed by atoms with van der Waals surface area (Å²) in [5.74, 6) is -3.07. The summed E-state index contributed by atoms with van der Waals surface area (Å²) >= 11 is 0. The molecule has 0 aliphatic heterocycles. The van der Waals surface area contributed by atoms with Gasteiger partial charge < -0.3 is 35.0 Å². The van der Waals surface area contributed by atoms with Gasteiger partial charge in [0, 0.05) is 28.3 Å². The molecular formula is C30H26O10. The topological polar surface area (TPSA) is 171 Å². The molecule has 10 heteroatoms. The molecule has 2 unspecified atom stereocenters. The molecule has 0 amide bonds. The van der Waals surface area contributed by atoms with E-state index in [2.05, 4.69) is 0 Å². The molecule has 0 aromatic heterocycles. The number of aliphatic hydroxyl groups is 3. The van der Waals surface area contributed by atoms with Crippen LogP contribution >= 0.6 is 0 Å². The fourth-order valence-electron chi connectivity index (χ4n) is 7.04. The van der Waals surface area contributed by atoms with Gasteiger partial charge in [0.2, 0.25) is 0 Å². The molecular weight excluding hydrogens is 520 g/mol. The van der Waals surface area contributed by atoms with E-state index in [0.29, 0.717) is 5.39 Å². The number of ketones is 1. The number of phenols is 2. The van der Waals surface area contributed by atoms with Crippen LogP contribution in [0.4, 0.5) is 0 Å². The van der Waals surface area contributed by atoms with Gasteiger partial charge in [-0.05, 0) is 58.7 Å². The second-order valence-electron chi connectivity index (χ2n) is 10.6. The molecule has 0 spiro atoms. The van der Waals surface area contributed by atoms with Crippen LogP contribution in [-0.4, -0.2) is 51.1 Å². The molecule has 5 N–H and O–H groups in total. The normalized spacial score (nSPS) is 18.8. The highest BCUT2D eigenvalue weighted by atomic mass is 16.5. The lowest BCUT2D eigenvalue weighted by Gasteiger charge is -2.32. The minimum absolute atomic E-state index is 0.0953. The van der Waals surface area contributed by atoms with Gasteiger partial charge in [-0.15, -0.1) is 0 Å². The van der Waals surface area contributed by atoms with Crippen LogP contribution in [0, 0.1) is 0 Å². The second-order valence-corrected chi connectivity index (χ2v) is 10.6. The SMILES string of the molecule is COc1c(O)c2c(=O)cc(CO)c3c4c(CO)cc(=O)c5c(O)c(OC)c6c(c(c1CC(C)(O)C6C(C)=O)c23)c54. The van der Waals surface area contributed by atoms with Crippen LogP contribution in [0.25, 0.3) is 43.1 Å². The third kappa shape index (κ3) is 2.95. The lowest BCUT2D eigenvalue weighted by molar-refractivity contribution is -0.124. The van der Waals surface area contributed by atoms with Crippen LogP contribution in [0.2, 0.25) is 0 Å². The molecule has 5 aromatic carbocycles. The van der Waals surface area contributed by atoms with E-state index in [1.54, 1.807) is 0 Å². The molecule has 5 aromatic rings. The minimum Gasteiger partial charge on any atom is -0.504 e. The van der Waals surface area contributed by atoms with Gasteiger partial charge in [-0.2, -0.15) is 0 Å². The van der Waals surface area contributed by atoms with Crippen molar-refractivity contribution in [1.29, 1.82) is 0 Å². The maximum absolute atomic E-state index is 13.5. The number of aromatic hydroxyl groups is 2. The van der Waals surface area contributed by atoms with Crippen molar-refractivity contribution in [1.82, 2.24) is 0 Å². The van der Waals surface area contributed by atoms with E-state index < -0.39 is 52.9 Å². The minimum atomic E-state index is -1.82. The van der Waals surface area contributed by atoms with E-state index in [9.17, 15) is 39.9 Å². The number of phenolic OH excluding ortho intramolecular Hbond substituents is 2. The number of carbonyl (C=O) groups excluding carboxylic acids is 1. The first kappa shape index (κ1) is 26.0. The van der Waals surface area contributed by atoms with E-state index in [1.807, 2.05) is 0 Å². The quantitative estimate of drug-likeness (QED) is 0.163. The summed E-state index contributed by atoms with van der Waals surface area (Å²) in [6.07, 6.45) is -0.227. The summed E-state index contributed by atoms with van der Waals surface area (Å²) in [4.78, 5) is 40.2. The predicted octanol–water partition coefficient (Wildman–Crippen LogP) is 2.29. The van der Waals surface area contributed by atoms with Gasteiger partial charge in [0.05, 0.1) is 49.7 Å². The van der Waals surface area contributed by atoms with Gasteiger partial charge in [0.1, 0.15) is 5.78 Å². The molecule has 0 saturated carbocycles. The van der Waals surface area contributed by atoms with E-state index in [4.69, 9.17) is 9.47 Å². The van der Waals surface area contributed by atoms with Gasteiger partial charge >= 0.3 is 0 Å². The van der Waals surface area contributed by atoms with Crippen LogP contribution in [0.3, 0.4) is 0 Å². The van der Waals surface area contributed by atoms with Crippen molar-refractivity contribution in [3.05, 3.63) is 54.8 Å². The molecule has 1 aliphatic carbocycles. The van der Waals surface area contributed by atoms with Crippen molar-refractivity contribution < 1.29 is 39.8 Å². The zero-order chi connectivity index (χ0) is 29.0. The Kier molecular flexibility index (Phi) is 5.44. The van der Waals surface area contributed by atoms with Gasteiger partial charge in [0.15, 0.2) is 33.9 Å². The lowest BCUT2D eigenvalue weighted by Crippen LogP contribution is -2.38. The number of hydrogen-bond acceptors (Lipinski definition) is 10. The van der Waals surface area contributed by atoms with Crippen LogP contribution in [0.5, 0.6) is 23.0 Å². The number of Topliss-reactive ketones (excluding diaryl/α,β-unsaturated/α-hetero) is 1. The monoisotopic (exact) mass is 546 g/mol. The summed E-state index contributed by atoms with van der Waals surface area (Å²) in [7, 11) is 2.56. The Bertz CT molecular complexity index is 2040. The highest BCUT2D eigenvalue weighted by Crippen LogP contribution is 2.58. The van der Waals surface area contributed by atoms with E-state index in [0.717, 1.165) is 6.07 Å². The molecule has 0 heterocycles. The smallest absolute Gasteiger partial charge is 0.190 e. The number of rotatable bonds is 5. The zero-order valence-electron chi connectivity index (χ0n) is 22.1. The number of aliphatic hydroxyl groups excluding tert-OH is 2. The number of carbonyl (C=O) groups is 1. The molecule has 10 nitrogen and oxygen atoms in total. The summed E-state index contributed by atoms with van der Waals surface area (Å²) in [6, 6.07) is 2.33. The van der Waals surface area contributed by atoms with Gasteiger partial charge in [-0.3, -0.25) is 14.4 Å². The Hall–Kier alpha value is -4.25. The maximum atomic E-state index is 13.5. The van der Waals surface area contributed by atoms with Crippen molar-refractivity contribution in [2.24, 2.45) is 0 Å². The lowest BCUT2D eigenvalue weighted by atomic mass is 9.76. The van der Waals surface area contributed by atoms with Crippen molar-refractivity contribution in [3.8, 4) is 23.0 Å². The first-order valence-corrected chi connectivity index (χ1v) is 12.6. The third-order valence-corrected chi connectivity index (χ3v) is 8.34. The molecule has 0 radical (unpaired) electrons. The average molecular weight is 547 g/mol. The van der Waals surface area contributed by atoms with E-state index >= 15 is 0 Å². The zero-order valence-corrected chi connectivity index (χ0v) is 22.1. The fraction of sp³-hybridized carbons (Fsp3) is 0.300. The molecule has 0 fully saturated rings. The Labute approximate surface area is 225 Å². The summed E-state index contributed by atoms with van der Waals surface area (Å²) in [5, 5.41) is 56.7. The van der Waals surface area contributed by atoms with Crippen LogP contribution in [0.1, 0.15) is 42.0 Å².